The van der Waals surface area contributed by atoms with E-state index in [9.17, 15) is 10.1 Å². The van der Waals surface area contributed by atoms with Crippen molar-refractivity contribution in [1.29, 1.82) is 0 Å². The van der Waals surface area contributed by atoms with E-state index in [-0.39, 0.29) is 17.6 Å². The predicted octanol–water partition coefficient (Wildman–Crippen LogP) is 0.565. The third-order valence-electron chi connectivity index (χ3n) is 1.86. The normalized spacial score (nSPS) is 10.5. The summed E-state index contributed by atoms with van der Waals surface area (Å²) in [6.07, 6.45) is 1.36. The minimum atomic E-state index is -0.497. The highest BCUT2D eigenvalue weighted by Gasteiger charge is 2.17. The zero-order chi connectivity index (χ0) is 11.0. The average molecular weight is 209 g/mol. The third-order valence-corrected chi connectivity index (χ3v) is 1.86. The SMILES string of the molecule is Cn1cc([N+](=O)[O-])cc1-c1nnc(N)o1. The van der Waals surface area contributed by atoms with E-state index in [1.807, 2.05) is 0 Å². The van der Waals surface area contributed by atoms with Gasteiger partial charge in [0.1, 0.15) is 5.69 Å². The summed E-state index contributed by atoms with van der Waals surface area (Å²) in [7, 11) is 1.64. The van der Waals surface area contributed by atoms with Crippen LogP contribution in [-0.4, -0.2) is 19.7 Å². The number of nitro groups is 1. The van der Waals surface area contributed by atoms with Gasteiger partial charge in [0.15, 0.2) is 0 Å². The fraction of sp³-hybridized carbons (Fsp3) is 0.143. The summed E-state index contributed by atoms with van der Waals surface area (Å²) < 4.78 is 6.47. The van der Waals surface area contributed by atoms with Gasteiger partial charge in [-0.3, -0.25) is 10.1 Å². The van der Waals surface area contributed by atoms with Crippen molar-refractivity contribution in [1.82, 2.24) is 14.8 Å². The number of nitrogen functional groups attached to an aromatic ring is 1. The molecule has 8 heteroatoms. The van der Waals surface area contributed by atoms with Crippen molar-refractivity contribution in [3.63, 3.8) is 0 Å². The molecule has 0 fully saturated rings. The standard InChI is InChI=1S/C7H7N5O3/c1-11-3-4(12(13)14)2-5(11)6-9-10-7(8)15-6/h2-3H,1H3,(H2,8,10). The summed E-state index contributed by atoms with van der Waals surface area (Å²) in [5.41, 5.74) is 5.66. The van der Waals surface area contributed by atoms with Gasteiger partial charge in [-0.25, -0.2) is 0 Å². The van der Waals surface area contributed by atoms with Gasteiger partial charge in [0.2, 0.25) is 0 Å². The smallest absolute Gasteiger partial charge is 0.313 e. The van der Waals surface area contributed by atoms with Crippen molar-refractivity contribution < 1.29 is 9.34 Å². The van der Waals surface area contributed by atoms with Crippen LogP contribution in [0, 0.1) is 10.1 Å². The second kappa shape index (κ2) is 3.08. The van der Waals surface area contributed by atoms with E-state index in [0.717, 1.165) is 0 Å². The first-order chi connectivity index (χ1) is 7.08. The van der Waals surface area contributed by atoms with Crippen LogP contribution >= 0.6 is 0 Å². The molecule has 0 aliphatic rings. The maximum atomic E-state index is 10.5. The van der Waals surface area contributed by atoms with Crippen molar-refractivity contribution in [2.75, 3.05) is 5.73 Å². The number of aryl methyl sites for hydroxylation is 1. The number of rotatable bonds is 2. The monoisotopic (exact) mass is 209 g/mol. The van der Waals surface area contributed by atoms with Gasteiger partial charge < -0.3 is 14.7 Å². The Morgan fingerprint density at radius 1 is 1.60 bits per heavy atom. The lowest BCUT2D eigenvalue weighted by atomic mass is 10.4. The van der Waals surface area contributed by atoms with Crippen LogP contribution in [0.15, 0.2) is 16.7 Å². The lowest BCUT2D eigenvalue weighted by Crippen LogP contribution is -1.89. The molecule has 0 unspecified atom stereocenters. The third kappa shape index (κ3) is 1.52. The Bertz CT molecular complexity index is 514. The van der Waals surface area contributed by atoms with Crippen molar-refractivity contribution in [2.24, 2.45) is 7.05 Å². The van der Waals surface area contributed by atoms with Gasteiger partial charge in [0.05, 0.1) is 11.1 Å². The van der Waals surface area contributed by atoms with Gasteiger partial charge in [-0.15, -0.1) is 5.10 Å². The van der Waals surface area contributed by atoms with E-state index in [1.165, 1.54) is 16.8 Å². The number of hydrogen-bond donors (Lipinski definition) is 1. The van der Waals surface area contributed by atoms with E-state index >= 15 is 0 Å². The average Bonchev–Trinajstić information content (AvgIpc) is 2.71. The first-order valence-electron chi connectivity index (χ1n) is 3.98. The van der Waals surface area contributed by atoms with Crippen LogP contribution in [0.3, 0.4) is 0 Å². The van der Waals surface area contributed by atoms with Crippen LogP contribution in [0.4, 0.5) is 11.7 Å². The van der Waals surface area contributed by atoms with Crippen LogP contribution < -0.4 is 5.73 Å². The highest BCUT2D eigenvalue weighted by molar-refractivity contribution is 5.54. The lowest BCUT2D eigenvalue weighted by Gasteiger charge is -1.93. The van der Waals surface area contributed by atoms with Gasteiger partial charge in [-0.2, -0.15) is 0 Å². The molecule has 2 aromatic rings. The molecule has 0 aromatic carbocycles. The summed E-state index contributed by atoms with van der Waals surface area (Å²) in [5.74, 6) is 0.156. The van der Waals surface area contributed by atoms with Crippen LogP contribution in [0.25, 0.3) is 11.6 Å². The summed E-state index contributed by atoms with van der Waals surface area (Å²) in [6, 6.07) is 1.27. The predicted molar refractivity (Wildman–Crippen MR) is 49.8 cm³/mol. The number of anilines is 1. The number of nitrogens with two attached hydrogens (primary N) is 1. The van der Waals surface area contributed by atoms with Crippen LogP contribution in [0.1, 0.15) is 0 Å². The fourth-order valence-corrected chi connectivity index (χ4v) is 1.20. The maximum absolute atomic E-state index is 10.5. The topological polar surface area (TPSA) is 113 Å². The van der Waals surface area contributed by atoms with Crippen molar-refractivity contribution in [3.8, 4) is 11.6 Å². The summed E-state index contributed by atoms with van der Waals surface area (Å²) >= 11 is 0. The Balaban J connectivity index is 2.49. The quantitative estimate of drug-likeness (QED) is 0.571. The van der Waals surface area contributed by atoms with Gasteiger partial charge in [0.25, 0.3) is 11.6 Å². The molecule has 0 aliphatic heterocycles. The molecule has 2 N–H and O–H groups in total. The van der Waals surface area contributed by atoms with Gasteiger partial charge >= 0.3 is 6.01 Å². The lowest BCUT2D eigenvalue weighted by molar-refractivity contribution is -0.384. The molecule has 0 aliphatic carbocycles. The molecule has 0 bridgehead atoms. The summed E-state index contributed by atoms with van der Waals surface area (Å²) in [5, 5.41) is 17.6. The first kappa shape index (κ1) is 9.19. The summed E-state index contributed by atoms with van der Waals surface area (Å²) in [4.78, 5) is 10.0. The van der Waals surface area contributed by atoms with Crippen LogP contribution in [0.5, 0.6) is 0 Å². The Morgan fingerprint density at radius 3 is 2.80 bits per heavy atom. The van der Waals surface area contributed by atoms with Gasteiger partial charge in [-0.1, -0.05) is 5.10 Å². The molecular formula is C7H7N5O3. The molecule has 2 rings (SSSR count). The number of aromatic nitrogens is 3. The van der Waals surface area contributed by atoms with E-state index in [1.54, 1.807) is 7.05 Å². The molecule has 0 saturated carbocycles. The Labute approximate surface area is 83.5 Å². The van der Waals surface area contributed by atoms with E-state index in [0.29, 0.717) is 5.69 Å². The van der Waals surface area contributed by atoms with Crippen LogP contribution in [-0.2, 0) is 7.05 Å². The number of hydrogen-bond acceptors (Lipinski definition) is 6. The van der Waals surface area contributed by atoms with Crippen LogP contribution in [0.2, 0.25) is 0 Å². The van der Waals surface area contributed by atoms with E-state index < -0.39 is 4.92 Å². The van der Waals surface area contributed by atoms with Crippen molar-refractivity contribution in [3.05, 3.63) is 22.4 Å². The molecule has 0 radical (unpaired) electrons. The van der Waals surface area contributed by atoms with E-state index in [2.05, 4.69) is 10.2 Å². The van der Waals surface area contributed by atoms with Gasteiger partial charge in [-0.05, 0) is 0 Å². The molecule has 15 heavy (non-hydrogen) atoms. The molecule has 0 saturated heterocycles. The Morgan fingerprint density at radius 2 is 2.33 bits per heavy atom. The van der Waals surface area contributed by atoms with Crippen molar-refractivity contribution in [2.45, 2.75) is 0 Å². The second-order valence-electron chi connectivity index (χ2n) is 2.90. The Kier molecular flexibility index (Phi) is 1.89. The second-order valence-corrected chi connectivity index (χ2v) is 2.90. The molecule has 0 atom stereocenters. The van der Waals surface area contributed by atoms with Gasteiger partial charge in [0, 0.05) is 13.1 Å². The first-order valence-corrected chi connectivity index (χ1v) is 3.98. The zero-order valence-electron chi connectivity index (χ0n) is 7.75. The molecule has 0 amide bonds. The molecule has 8 nitrogen and oxygen atoms in total. The van der Waals surface area contributed by atoms with E-state index in [4.69, 9.17) is 10.2 Å². The minimum absolute atomic E-state index is 0.0377. The largest absolute Gasteiger partial charge is 0.402 e. The highest BCUT2D eigenvalue weighted by atomic mass is 16.6. The minimum Gasteiger partial charge on any atom is -0.402 e. The Hall–Kier alpha value is -2.38. The molecular weight excluding hydrogens is 202 g/mol. The molecule has 2 heterocycles. The molecule has 0 spiro atoms. The molecule has 2 aromatic heterocycles. The molecule has 78 valence electrons. The maximum Gasteiger partial charge on any atom is 0.313 e. The van der Waals surface area contributed by atoms with Crippen molar-refractivity contribution >= 4 is 11.7 Å². The number of nitrogens with zero attached hydrogens (tertiary/aromatic N) is 4. The fourth-order valence-electron chi connectivity index (χ4n) is 1.20. The summed E-state index contributed by atoms with van der Waals surface area (Å²) in [6.45, 7) is 0. The zero-order valence-corrected chi connectivity index (χ0v) is 7.75. The highest BCUT2D eigenvalue weighted by Crippen LogP contribution is 2.24.